The van der Waals surface area contributed by atoms with Gasteiger partial charge in [0, 0.05) is 0 Å². The average Bonchev–Trinajstić information content (AvgIpc) is 3.00. The van der Waals surface area contributed by atoms with Gasteiger partial charge in [-0.05, 0) is 23.6 Å². The average molecular weight is 246 g/mol. The molecule has 0 saturated heterocycles. The van der Waals surface area contributed by atoms with Crippen LogP contribution in [0.25, 0.3) is 22.2 Å². The smallest absolute Gasteiger partial charge is 0.268 e. The van der Waals surface area contributed by atoms with Crippen LogP contribution in [-0.4, -0.2) is 10.1 Å². The number of hydrogen-bond acceptors (Lipinski definition) is 4. The Hall–Kier alpha value is -2.01. The number of benzene rings is 1. The second-order valence-electron chi connectivity index (χ2n) is 3.38. The van der Waals surface area contributed by atoms with Crippen LogP contribution in [-0.2, 0) is 0 Å². The lowest BCUT2D eigenvalue weighted by Crippen LogP contribution is -1.85. The fraction of sp³-hybridized carbons (Fsp3) is 0. The molecule has 0 N–H and O–H groups in total. The van der Waals surface area contributed by atoms with Crippen LogP contribution >= 0.6 is 11.3 Å². The lowest BCUT2D eigenvalue weighted by atomic mass is 10.2. The van der Waals surface area contributed by atoms with Crippen LogP contribution in [0.3, 0.4) is 0 Å². The molecule has 0 unspecified atom stereocenters. The van der Waals surface area contributed by atoms with E-state index in [0.29, 0.717) is 11.5 Å². The maximum Gasteiger partial charge on any atom is 0.268 e. The lowest BCUT2D eigenvalue weighted by molar-refractivity contribution is 0.433. The highest BCUT2D eigenvalue weighted by Crippen LogP contribution is 2.26. The number of aromatic nitrogens is 2. The molecule has 84 valence electrons. The highest BCUT2D eigenvalue weighted by Gasteiger charge is 2.13. The first-order valence-electron chi connectivity index (χ1n) is 4.97. The van der Waals surface area contributed by atoms with Gasteiger partial charge in [-0.1, -0.05) is 23.4 Å². The molecule has 3 nitrogen and oxygen atoms in total. The van der Waals surface area contributed by atoms with Gasteiger partial charge in [0.05, 0.1) is 10.4 Å². The summed E-state index contributed by atoms with van der Waals surface area (Å²) < 4.78 is 18.6. The lowest BCUT2D eigenvalue weighted by Gasteiger charge is -1.94. The van der Waals surface area contributed by atoms with Crippen molar-refractivity contribution in [3.8, 4) is 22.2 Å². The van der Waals surface area contributed by atoms with Crippen molar-refractivity contribution in [2.75, 3.05) is 0 Å². The molecule has 17 heavy (non-hydrogen) atoms. The Balaban J connectivity index is 2.04. The van der Waals surface area contributed by atoms with Crippen molar-refractivity contribution in [1.29, 1.82) is 0 Å². The summed E-state index contributed by atoms with van der Waals surface area (Å²) in [6.07, 6.45) is 0. The molecule has 0 atom stereocenters. The zero-order chi connectivity index (χ0) is 11.7. The van der Waals surface area contributed by atoms with Crippen LogP contribution in [0.4, 0.5) is 4.39 Å². The van der Waals surface area contributed by atoms with E-state index < -0.39 is 0 Å². The first-order valence-corrected chi connectivity index (χ1v) is 5.85. The fourth-order valence-electron chi connectivity index (χ4n) is 1.48. The first kappa shape index (κ1) is 10.2. The normalized spacial score (nSPS) is 10.6. The Morgan fingerprint density at radius 2 is 2.00 bits per heavy atom. The van der Waals surface area contributed by atoms with Gasteiger partial charge in [-0.3, -0.25) is 0 Å². The van der Waals surface area contributed by atoms with Crippen molar-refractivity contribution in [3.63, 3.8) is 0 Å². The van der Waals surface area contributed by atoms with E-state index in [2.05, 4.69) is 10.1 Å². The SMILES string of the molecule is Fc1ccccc1-c1noc(-c2cccs2)n1. The molecule has 5 heteroatoms. The predicted molar refractivity (Wildman–Crippen MR) is 63.0 cm³/mol. The maximum atomic E-state index is 13.5. The van der Waals surface area contributed by atoms with Gasteiger partial charge >= 0.3 is 0 Å². The molecule has 2 heterocycles. The molecule has 0 bridgehead atoms. The first-order chi connectivity index (χ1) is 8.34. The van der Waals surface area contributed by atoms with Crippen molar-refractivity contribution >= 4 is 11.3 Å². The summed E-state index contributed by atoms with van der Waals surface area (Å²) in [6, 6.07) is 10.1. The molecular formula is C12H7FN2OS. The minimum Gasteiger partial charge on any atom is -0.333 e. The van der Waals surface area contributed by atoms with Gasteiger partial charge in [-0.15, -0.1) is 11.3 Å². The van der Waals surface area contributed by atoms with Crippen molar-refractivity contribution in [3.05, 3.63) is 47.6 Å². The molecule has 0 aliphatic carbocycles. The predicted octanol–water partition coefficient (Wildman–Crippen LogP) is 3.60. The molecule has 1 aromatic carbocycles. The Labute approximate surface area is 101 Å². The molecule has 0 radical (unpaired) electrons. The highest BCUT2D eigenvalue weighted by molar-refractivity contribution is 7.13. The number of thiophene rings is 1. The molecule has 0 aliphatic rings. The Bertz CT molecular complexity index is 634. The molecule has 3 aromatic rings. The van der Waals surface area contributed by atoms with Crippen LogP contribution in [0.5, 0.6) is 0 Å². The molecule has 0 saturated carbocycles. The second-order valence-corrected chi connectivity index (χ2v) is 4.33. The van der Waals surface area contributed by atoms with Crippen molar-refractivity contribution < 1.29 is 8.91 Å². The van der Waals surface area contributed by atoms with E-state index in [9.17, 15) is 4.39 Å². The van der Waals surface area contributed by atoms with E-state index in [4.69, 9.17) is 4.52 Å². The third kappa shape index (κ3) is 1.85. The summed E-state index contributed by atoms with van der Waals surface area (Å²) in [5, 5.41) is 5.70. The molecule has 0 aliphatic heterocycles. The van der Waals surface area contributed by atoms with E-state index in [0.717, 1.165) is 4.88 Å². The number of hydrogen-bond donors (Lipinski definition) is 0. The van der Waals surface area contributed by atoms with E-state index in [1.54, 1.807) is 18.2 Å². The molecule has 0 amide bonds. The van der Waals surface area contributed by atoms with Crippen molar-refractivity contribution in [2.24, 2.45) is 0 Å². The summed E-state index contributed by atoms with van der Waals surface area (Å²) >= 11 is 1.50. The molecule has 0 spiro atoms. The van der Waals surface area contributed by atoms with Crippen LogP contribution < -0.4 is 0 Å². The Morgan fingerprint density at radius 1 is 1.12 bits per heavy atom. The summed E-state index contributed by atoms with van der Waals surface area (Å²) in [5.41, 5.74) is 0.346. The van der Waals surface area contributed by atoms with E-state index in [1.807, 2.05) is 17.5 Å². The minimum atomic E-state index is -0.356. The van der Waals surface area contributed by atoms with Crippen LogP contribution in [0.2, 0.25) is 0 Å². The van der Waals surface area contributed by atoms with Crippen molar-refractivity contribution in [1.82, 2.24) is 10.1 Å². The Kier molecular flexibility index (Phi) is 2.45. The van der Waals surface area contributed by atoms with Gasteiger partial charge in [0.1, 0.15) is 5.82 Å². The van der Waals surface area contributed by atoms with Crippen molar-refractivity contribution in [2.45, 2.75) is 0 Å². The van der Waals surface area contributed by atoms with Gasteiger partial charge in [-0.25, -0.2) is 4.39 Å². The van der Waals surface area contributed by atoms with Gasteiger partial charge in [-0.2, -0.15) is 4.98 Å². The fourth-order valence-corrected chi connectivity index (χ4v) is 2.12. The van der Waals surface area contributed by atoms with E-state index in [-0.39, 0.29) is 11.6 Å². The zero-order valence-corrected chi connectivity index (χ0v) is 9.45. The standard InChI is InChI=1S/C12H7FN2OS/c13-9-5-2-1-4-8(9)11-14-12(16-15-11)10-6-3-7-17-10/h1-7H. The number of nitrogens with zero attached hydrogens (tertiary/aromatic N) is 2. The minimum absolute atomic E-state index is 0.270. The van der Waals surface area contributed by atoms with Crippen LogP contribution in [0.15, 0.2) is 46.3 Å². The highest BCUT2D eigenvalue weighted by atomic mass is 32.1. The third-order valence-electron chi connectivity index (χ3n) is 2.27. The van der Waals surface area contributed by atoms with Crippen LogP contribution in [0.1, 0.15) is 0 Å². The largest absolute Gasteiger partial charge is 0.333 e. The third-order valence-corrected chi connectivity index (χ3v) is 3.13. The van der Waals surface area contributed by atoms with Gasteiger partial charge in [0.25, 0.3) is 5.89 Å². The van der Waals surface area contributed by atoms with E-state index >= 15 is 0 Å². The van der Waals surface area contributed by atoms with Gasteiger partial charge in [0.15, 0.2) is 0 Å². The summed E-state index contributed by atoms with van der Waals surface area (Å²) in [5.74, 6) is 0.329. The van der Waals surface area contributed by atoms with E-state index in [1.165, 1.54) is 17.4 Å². The zero-order valence-electron chi connectivity index (χ0n) is 8.63. The van der Waals surface area contributed by atoms with Crippen LogP contribution in [0, 0.1) is 5.82 Å². The number of halogens is 1. The summed E-state index contributed by atoms with van der Waals surface area (Å²) in [6.45, 7) is 0. The number of rotatable bonds is 2. The van der Waals surface area contributed by atoms with Gasteiger partial charge in [0.2, 0.25) is 5.82 Å². The molecule has 0 fully saturated rings. The molecular weight excluding hydrogens is 239 g/mol. The van der Waals surface area contributed by atoms with Gasteiger partial charge < -0.3 is 4.52 Å². The molecule has 2 aromatic heterocycles. The monoisotopic (exact) mass is 246 g/mol. The topological polar surface area (TPSA) is 38.9 Å². The Morgan fingerprint density at radius 3 is 2.76 bits per heavy atom. The quantitative estimate of drug-likeness (QED) is 0.693. The second kappa shape index (κ2) is 4.10. The molecule has 3 rings (SSSR count). The summed E-state index contributed by atoms with van der Waals surface area (Å²) in [7, 11) is 0. The summed E-state index contributed by atoms with van der Waals surface area (Å²) in [4.78, 5) is 5.05. The maximum absolute atomic E-state index is 13.5.